The molecule has 0 atom stereocenters. The van der Waals surface area contributed by atoms with Gasteiger partial charge in [0.1, 0.15) is 17.2 Å². The molecule has 0 saturated heterocycles. The minimum absolute atomic E-state index is 0.578. The Morgan fingerprint density at radius 2 is 2.19 bits per heavy atom. The third kappa shape index (κ3) is 4.37. The highest BCUT2D eigenvalue weighted by atomic mass is 32.2. The lowest BCUT2D eigenvalue weighted by Gasteiger charge is -2.21. The highest BCUT2D eigenvalue weighted by Gasteiger charge is 2.02. The molecule has 0 aromatic carbocycles. The van der Waals surface area contributed by atoms with Gasteiger partial charge in [-0.3, -0.25) is 0 Å². The highest BCUT2D eigenvalue weighted by molar-refractivity contribution is 7.98. The number of nitrogens with one attached hydrogen (secondary N) is 1. The van der Waals surface area contributed by atoms with Crippen molar-refractivity contribution in [2.75, 3.05) is 31.7 Å². The molecule has 0 spiro atoms. The third-order valence-electron chi connectivity index (χ3n) is 2.50. The van der Waals surface area contributed by atoms with E-state index in [1.54, 1.807) is 18.1 Å². The summed E-state index contributed by atoms with van der Waals surface area (Å²) in [6.45, 7) is 6.29. The maximum absolute atomic E-state index is 4.17. The fourth-order valence-electron chi connectivity index (χ4n) is 1.17. The number of nitrogens with zero attached hydrogens (tertiary/aromatic N) is 3. The summed E-state index contributed by atoms with van der Waals surface area (Å²) in [6.07, 6.45) is 3.61. The van der Waals surface area contributed by atoms with Crippen molar-refractivity contribution in [1.82, 2.24) is 14.9 Å². The Morgan fingerprint density at radius 1 is 1.44 bits per heavy atom. The average molecular weight is 240 g/mol. The molecule has 0 aliphatic rings. The summed E-state index contributed by atoms with van der Waals surface area (Å²) < 4.78 is 0. The Bertz CT molecular complexity index is 317. The molecule has 5 heteroatoms. The lowest BCUT2D eigenvalue weighted by atomic mass is 10.3. The first-order valence-corrected chi connectivity index (χ1v) is 6.66. The van der Waals surface area contributed by atoms with E-state index in [2.05, 4.69) is 41.1 Å². The van der Waals surface area contributed by atoms with Crippen LogP contribution in [0.15, 0.2) is 17.4 Å². The highest BCUT2D eigenvalue weighted by Crippen LogP contribution is 2.13. The Kier molecular flexibility index (Phi) is 5.55. The van der Waals surface area contributed by atoms with Crippen LogP contribution in [-0.2, 0) is 0 Å². The van der Waals surface area contributed by atoms with Crippen molar-refractivity contribution in [2.24, 2.45) is 0 Å². The van der Waals surface area contributed by atoms with Crippen LogP contribution in [0.25, 0.3) is 0 Å². The normalized spacial score (nSPS) is 11.1. The minimum atomic E-state index is 0.578. The SMILES string of the molecule is CSc1cc(NCCN(C)C(C)C)ncn1. The molecule has 1 rings (SSSR count). The molecule has 1 aromatic heterocycles. The van der Waals surface area contributed by atoms with E-state index < -0.39 is 0 Å². The molecule has 4 nitrogen and oxygen atoms in total. The number of thioether (sulfide) groups is 1. The smallest absolute Gasteiger partial charge is 0.130 e. The van der Waals surface area contributed by atoms with Gasteiger partial charge in [-0.25, -0.2) is 9.97 Å². The zero-order chi connectivity index (χ0) is 12.0. The summed E-state index contributed by atoms with van der Waals surface area (Å²) in [5.41, 5.74) is 0. The fraction of sp³-hybridized carbons (Fsp3) is 0.636. The van der Waals surface area contributed by atoms with E-state index in [1.165, 1.54) is 0 Å². The molecular weight excluding hydrogens is 220 g/mol. The van der Waals surface area contributed by atoms with Gasteiger partial charge >= 0.3 is 0 Å². The Labute approximate surface area is 102 Å². The summed E-state index contributed by atoms with van der Waals surface area (Å²) in [6, 6.07) is 2.55. The second-order valence-electron chi connectivity index (χ2n) is 3.95. The van der Waals surface area contributed by atoms with Gasteiger partial charge in [-0.15, -0.1) is 11.8 Å². The summed E-state index contributed by atoms with van der Waals surface area (Å²) in [4.78, 5) is 10.6. The third-order valence-corrected chi connectivity index (χ3v) is 3.14. The van der Waals surface area contributed by atoms with Crippen LogP contribution in [0.3, 0.4) is 0 Å². The molecule has 0 aliphatic heterocycles. The summed E-state index contributed by atoms with van der Waals surface area (Å²) in [7, 11) is 2.12. The number of likely N-dealkylation sites (N-methyl/N-ethyl adjacent to an activating group) is 1. The first-order chi connectivity index (χ1) is 7.63. The zero-order valence-electron chi connectivity index (χ0n) is 10.4. The Morgan fingerprint density at radius 3 is 2.81 bits per heavy atom. The number of hydrogen-bond donors (Lipinski definition) is 1. The predicted molar refractivity (Wildman–Crippen MR) is 70.1 cm³/mol. The quantitative estimate of drug-likeness (QED) is 0.608. The van der Waals surface area contributed by atoms with Crippen LogP contribution in [0.2, 0.25) is 0 Å². The van der Waals surface area contributed by atoms with Gasteiger partial charge in [0.2, 0.25) is 0 Å². The van der Waals surface area contributed by atoms with Gasteiger partial charge in [-0.2, -0.15) is 0 Å². The van der Waals surface area contributed by atoms with E-state index in [9.17, 15) is 0 Å². The monoisotopic (exact) mass is 240 g/mol. The van der Waals surface area contributed by atoms with Crippen molar-refractivity contribution in [3.63, 3.8) is 0 Å². The van der Waals surface area contributed by atoms with Gasteiger partial charge in [0.25, 0.3) is 0 Å². The van der Waals surface area contributed by atoms with Crippen molar-refractivity contribution >= 4 is 17.6 Å². The molecule has 0 bridgehead atoms. The Hall–Kier alpha value is -0.810. The standard InChI is InChI=1S/C11H20N4S/c1-9(2)15(3)6-5-12-10-7-11(16-4)14-8-13-10/h7-9H,5-6H2,1-4H3,(H,12,13,14). The number of hydrogen-bond acceptors (Lipinski definition) is 5. The molecule has 90 valence electrons. The minimum Gasteiger partial charge on any atom is -0.369 e. The van der Waals surface area contributed by atoms with Crippen molar-refractivity contribution in [3.8, 4) is 0 Å². The van der Waals surface area contributed by atoms with Crippen molar-refractivity contribution in [2.45, 2.75) is 24.9 Å². The largest absolute Gasteiger partial charge is 0.369 e. The Balaban J connectivity index is 2.37. The lowest BCUT2D eigenvalue weighted by molar-refractivity contribution is 0.284. The van der Waals surface area contributed by atoms with E-state index in [0.717, 1.165) is 23.9 Å². The van der Waals surface area contributed by atoms with Gasteiger partial charge in [0.05, 0.1) is 0 Å². The fourth-order valence-corrected chi connectivity index (χ4v) is 1.55. The summed E-state index contributed by atoms with van der Waals surface area (Å²) >= 11 is 1.63. The molecular formula is C11H20N4S. The molecule has 1 heterocycles. The van der Waals surface area contributed by atoms with E-state index in [1.807, 2.05) is 12.3 Å². The van der Waals surface area contributed by atoms with E-state index in [4.69, 9.17) is 0 Å². The maximum Gasteiger partial charge on any atom is 0.130 e. The number of aromatic nitrogens is 2. The predicted octanol–water partition coefficient (Wildman–Crippen LogP) is 1.95. The van der Waals surface area contributed by atoms with Crippen LogP contribution < -0.4 is 5.32 Å². The zero-order valence-corrected chi connectivity index (χ0v) is 11.2. The molecule has 1 N–H and O–H groups in total. The van der Waals surface area contributed by atoms with Gasteiger partial charge in [-0.1, -0.05) is 0 Å². The van der Waals surface area contributed by atoms with E-state index >= 15 is 0 Å². The molecule has 0 radical (unpaired) electrons. The summed E-state index contributed by atoms with van der Waals surface area (Å²) in [5.74, 6) is 0.900. The average Bonchev–Trinajstić information content (AvgIpc) is 2.29. The molecule has 0 fully saturated rings. The first kappa shape index (κ1) is 13.3. The van der Waals surface area contributed by atoms with Gasteiger partial charge in [-0.05, 0) is 27.2 Å². The molecule has 0 unspecified atom stereocenters. The van der Waals surface area contributed by atoms with Crippen molar-refractivity contribution in [3.05, 3.63) is 12.4 Å². The van der Waals surface area contributed by atoms with Crippen LogP contribution >= 0.6 is 11.8 Å². The van der Waals surface area contributed by atoms with Crippen molar-refractivity contribution < 1.29 is 0 Å². The van der Waals surface area contributed by atoms with Crippen LogP contribution in [0.5, 0.6) is 0 Å². The summed E-state index contributed by atoms with van der Waals surface area (Å²) in [5, 5.41) is 4.29. The molecule has 0 aliphatic carbocycles. The first-order valence-electron chi connectivity index (χ1n) is 5.43. The molecule has 1 aromatic rings. The second-order valence-corrected chi connectivity index (χ2v) is 4.77. The maximum atomic E-state index is 4.17. The van der Waals surface area contributed by atoms with Gasteiger partial charge in [0, 0.05) is 25.2 Å². The molecule has 0 amide bonds. The van der Waals surface area contributed by atoms with Crippen LogP contribution in [-0.4, -0.2) is 47.3 Å². The van der Waals surface area contributed by atoms with E-state index in [0.29, 0.717) is 6.04 Å². The van der Waals surface area contributed by atoms with Crippen LogP contribution in [0.1, 0.15) is 13.8 Å². The van der Waals surface area contributed by atoms with E-state index in [-0.39, 0.29) is 0 Å². The molecule has 0 saturated carbocycles. The van der Waals surface area contributed by atoms with Crippen molar-refractivity contribution in [1.29, 1.82) is 0 Å². The van der Waals surface area contributed by atoms with Gasteiger partial charge in [0.15, 0.2) is 0 Å². The topological polar surface area (TPSA) is 41.0 Å². The lowest BCUT2D eigenvalue weighted by Crippen LogP contribution is -2.31. The molecule has 16 heavy (non-hydrogen) atoms. The number of rotatable bonds is 6. The van der Waals surface area contributed by atoms with Gasteiger partial charge < -0.3 is 10.2 Å². The number of anilines is 1. The second kappa shape index (κ2) is 6.70. The van der Waals surface area contributed by atoms with Crippen LogP contribution in [0, 0.1) is 0 Å². The van der Waals surface area contributed by atoms with Crippen LogP contribution in [0.4, 0.5) is 5.82 Å².